The molecular formula is C27H27ClN4O3. The Morgan fingerprint density at radius 2 is 1.83 bits per heavy atom. The number of nitrogens with zero attached hydrogens (tertiary/aromatic N) is 2. The fraction of sp³-hybridized carbons (Fsp3) is 0.222. The summed E-state index contributed by atoms with van der Waals surface area (Å²) < 4.78 is 0. The van der Waals surface area contributed by atoms with Crippen LogP contribution in [0, 0.1) is 0 Å². The third-order valence-corrected chi connectivity index (χ3v) is 6.39. The molecule has 0 radical (unpaired) electrons. The average molecular weight is 491 g/mol. The molecule has 0 bridgehead atoms. The minimum atomic E-state index is -0.762. The summed E-state index contributed by atoms with van der Waals surface area (Å²) in [6, 6.07) is 14.8. The van der Waals surface area contributed by atoms with Gasteiger partial charge in [0, 0.05) is 24.5 Å². The zero-order valence-corrected chi connectivity index (χ0v) is 20.0. The molecule has 0 spiro atoms. The van der Waals surface area contributed by atoms with E-state index in [-0.39, 0.29) is 37.5 Å². The number of benzene rings is 2. The van der Waals surface area contributed by atoms with Crippen molar-refractivity contribution in [1.29, 1.82) is 0 Å². The highest BCUT2D eigenvalue weighted by molar-refractivity contribution is 6.30. The van der Waals surface area contributed by atoms with Crippen molar-refractivity contribution >= 4 is 29.4 Å². The number of nitrogens with one attached hydrogen (secondary N) is 2. The first-order valence-electron chi connectivity index (χ1n) is 11.4. The molecule has 35 heavy (non-hydrogen) atoms. The molecule has 180 valence electrons. The minimum Gasteiger partial charge on any atom is -0.351 e. The lowest BCUT2D eigenvalue weighted by atomic mass is 9.95. The highest BCUT2D eigenvalue weighted by Crippen LogP contribution is 2.37. The predicted molar refractivity (Wildman–Crippen MR) is 136 cm³/mol. The first-order chi connectivity index (χ1) is 16.9. The SMILES string of the molecule is C=CCNC(=O)[C@@H](Cc1ccccc1)N1CC2=C(C1=O)[C@@H](c1ccc(Cl)cc1)NC(=O)N2CC=C. The monoisotopic (exact) mass is 490 g/mol. The van der Waals surface area contributed by atoms with Crippen molar-refractivity contribution in [3.8, 4) is 0 Å². The molecule has 0 fully saturated rings. The minimum absolute atomic E-state index is 0.137. The normalized spacial score (nSPS) is 18.1. The van der Waals surface area contributed by atoms with E-state index in [0.717, 1.165) is 11.1 Å². The van der Waals surface area contributed by atoms with Crippen molar-refractivity contribution in [3.63, 3.8) is 0 Å². The molecule has 2 aliphatic rings. The number of rotatable bonds is 9. The van der Waals surface area contributed by atoms with E-state index >= 15 is 0 Å². The quantitative estimate of drug-likeness (QED) is 0.527. The Balaban J connectivity index is 1.73. The van der Waals surface area contributed by atoms with Gasteiger partial charge in [-0.15, -0.1) is 13.2 Å². The number of urea groups is 1. The maximum absolute atomic E-state index is 13.9. The van der Waals surface area contributed by atoms with Gasteiger partial charge in [-0.2, -0.15) is 0 Å². The predicted octanol–water partition coefficient (Wildman–Crippen LogP) is 3.60. The van der Waals surface area contributed by atoms with Crippen molar-refractivity contribution in [3.05, 3.63) is 107 Å². The molecule has 0 saturated heterocycles. The summed E-state index contributed by atoms with van der Waals surface area (Å²) in [5, 5.41) is 6.32. The van der Waals surface area contributed by atoms with Crippen molar-refractivity contribution in [2.75, 3.05) is 19.6 Å². The van der Waals surface area contributed by atoms with Crippen molar-refractivity contribution in [1.82, 2.24) is 20.4 Å². The zero-order chi connectivity index (χ0) is 24.9. The van der Waals surface area contributed by atoms with Crippen molar-refractivity contribution < 1.29 is 14.4 Å². The van der Waals surface area contributed by atoms with Crippen LogP contribution in [0.2, 0.25) is 5.02 Å². The number of carbonyl (C=O) groups is 3. The van der Waals surface area contributed by atoms with E-state index in [4.69, 9.17) is 11.6 Å². The highest BCUT2D eigenvalue weighted by atomic mass is 35.5. The second kappa shape index (κ2) is 10.6. The van der Waals surface area contributed by atoms with Crippen LogP contribution in [-0.2, 0) is 16.0 Å². The Hall–Kier alpha value is -3.84. The first kappa shape index (κ1) is 24.3. The molecule has 4 amide bonds. The lowest BCUT2D eigenvalue weighted by Gasteiger charge is -2.33. The molecule has 0 saturated carbocycles. The molecule has 4 rings (SSSR count). The molecule has 0 aromatic heterocycles. The average Bonchev–Trinajstić information content (AvgIpc) is 3.20. The van der Waals surface area contributed by atoms with E-state index in [1.807, 2.05) is 30.3 Å². The Morgan fingerprint density at radius 1 is 1.11 bits per heavy atom. The van der Waals surface area contributed by atoms with E-state index in [1.54, 1.807) is 41.3 Å². The molecular weight excluding hydrogens is 464 g/mol. The maximum atomic E-state index is 13.9. The van der Waals surface area contributed by atoms with Gasteiger partial charge in [-0.1, -0.05) is 66.2 Å². The van der Waals surface area contributed by atoms with Crippen LogP contribution in [0.5, 0.6) is 0 Å². The van der Waals surface area contributed by atoms with Gasteiger partial charge in [0.2, 0.25) is 5.91 Å². The van der Waals surface area contributed by atoms with E-state index in [2.05, 4.69) is 23.8 Å². The van der Waals surface area contributed by atoms with Crippen LogP contribution in [0.1, 0.15) is 17.2 Å². The number of hydrogen-bond acceptors (Lipinski definition) is 3. The number of amides is 4. The Labute approximate surface area is 209 Å². The third-order valence-electron chi connectivity index (χ3n) is 6.14. The van der Waals surface area contributed by atoms with Crippen LogP contribution in [0.15, 0.2) is 91.2 Å². The van der Waals surface area contributed by atoms with Gasteiger partial charge in [0.05, 0.1) is 23.9 Å². The summed E-state index contributed by atoms with van der Waals surface area (Å²) in [7, 11) is 0. The number of halogens is 1. The highest BCUT2D eigenvalue weighted by Gasteiger charge is 2.46. The summed E-state index contributed by atoms with van der Waals surface area (Å²) in [6.07, 6.45) is 3.54. The molecule has 2 atom stereocenters. The standard InChI is InChI=1S/C27H27ClN4O3/c1-3-14-29-25(33)21(16-18-8-6-5-7-9-18)32-17-22-23(26(32)34)24(19-10-12-20(28)13-11-19)30-27(35)31(22)15-4-2/h3-13,21,24H,1-2,14-17H2,(H,29,33)(H,30,35)/t21-,24-/m1/s1. The number of carbonyl (C=O) groups excluding carboxylic acids is 3. The topological polar surface area (TPSA) is 81.8 Å². The molecule has 2 aliphatic heterocycles. The van der Waals surface area contributed by atoms with E-state index in [0.29, 0.717) is 22.7 Å². The van der Waals surface area contributed by atoms with Gasteiger partial charge in [-0.25, -0.2) is 4.79 Å². The van der Waals surface area contributed by atoms with Gasteiger partial charge in [0.1, 0.15) is 6.04 Å². The summed E-state index contributed by atoms with van der Waals surface area (Å²) in [6.45, 7) is 8.08. The van der Waals surface area contributed by atoms with E-state index < -0.39 is 12.1 Å². The molecule has 2 N–H and O–H groups in total. The van der Waals surface area contributed by atoms with Crippen LogP contribution in [0.25, 0.3) is 0 Å². The van der Waals surface area contributed by atoms with Crippen molar-refractivity contribution in [2.45, 2.75) is 18.5 Å². The summed E-state index contributed by atoms with van der Waals surface area (Å²) >= 11 is 6.06. The van der Waals surface area contributed by atoms with Gasteiger partial charge in [-0.05, 0) is 23.3 Å². The van der Waals surface area contributed by atoms with Gasteiger partial charge >= 0.3 is 6.03 Å². The lowest BCUT2D eigenvalue weighted by Crippen LogP contribution is -2.50. The third kappa shape index (κ3) is 5.00. The molecule has 0 unspecified atom stereocenters. The lowest BCUT2D eigenvalue weighted by molar-refractivity contribution is -0.136. The smallest absolute Gasteiger partial charge is 0.322 e. The van der Waals surface area contributed by atoms with Crippen LogP contribution < -0.4 is 10.6 Å². The first-order valence-corrected chi connectivity index (χ1v) is 11.7. The van der Waals surface area contributed by atoms with Crippen molar-refractivity contribution in [2.24, 2.45) is 0 Å². The Morgan fingerprint density at radius 3 is 2.49 bits per heavy atom. The fourth-order valence-electron chi connectivity index (χ4n) is 4.46. The summed E-state index contributed by atoms with van der Waals surface area (Å²) in [4.78, 5) is 43.2. The molecule has 0 aliphatic carbocycles. The van der Waals surface area contributed by atoms with E-state index in [9.17, 15) is 14.4 Å². The van der Waals surface area contributed by atoms with Crippen LogP contribution in [0.3, 0.4) is 0 Å². The molecule has 2 heterocycles. The molecule has 2 aromatic rings. The Kier molecular flexibility index (Phi) is 7.36. The maximum Gasteiger partial charge on any atom is 0.322 e. The molecule has 8 heteroatoms. The molecule has 7 nitrogen and oxygen atoms in total. The van der Waals surface area contributed by atoms with Crippen LogP contribution >= 0.6 is 11.6 Å². The fourth-order valence-corrected chi connectivity index (χ4v) is 4.59. The van der Waals surface area contributed by atoms with Crippen LogP contribution in [0.4, 0.5) is 4.79 Å². The van der Waals surface area contributed by atoms with E-state index in [1.165, 1.54) is 4.90 Å². The van der Waals surface area contributed by atoms with Gasteiger partial charge in [0.15, 0.2) is 0 Å². The van der Waals surface area contributed by atoms with Crippen LogP contribution in [-0.4, -0.2) is 53.3 Å². The largest absolute Gasteiger partial charge is 0.351 e. The van der Waals surface area contributed by atoms with Gasteiger partial charge in [0.25, 0.3) is 5.91 Å². The van der Waals surface area contributed by atoms with Gasteiger partial charge < -0.3 is 15.5 Å². The number of hydrogen-bond donors (Lipinski definition) is 2. The second-order valence-electron chi connectivity index (χ2n) is 8.37. The Bertz CT molecular complexity index is 1180. The second-order valence-corrected chi connectivity index (χ2v) is 8.80. The van der Waals surface area contributed by atoms with Gasteiger partial charge in [-0.3, -0.25) is 14.5 Å². The summed E-state index contributed by atoms with van der Waals surface area (Å²) in [5.41, 5.74) is 2.69. The zero-order valence-electron chi connectivity index (χ0n) is 19.2. The molecule has 2 aromatic carbocycles. The summed E-state index contributed by atoms with van der Waals surface area (Å²) in [5.74, 6) is -0.566.